The highest BCUT2D eigenvalue weighted by Crippen LogP contribution is 2.39. The van der Waals surface area contributed by atoms with E-state index in [0.717, 1.165) is 0 Å². The van der Waals surface area contributed by atoms with Gasteiger partial charge < -0.3 is 11.1 Å². The van der Waals surface area contributed by atoms with Crippen molar-refractivity contribution in [2.24, 2.45) is 11.1 Å². The second-order valence-corrected chi connectivity index (χ2v) is 4.14. The number of nitrogens with one attached hydrogen (secondary N) is 1. The molecule has 0 aromatic rings. The molecule has 2 nitrogen and oxygen atoms in total. The fourth-order valence-corrected chi connectivity index (χ4v) is 2.63. The molecule has 11 heavy (non-hydrogen) atoms. The monoisotopic (exact) mass is 154 g/mol. The van der Waals surface area contributed by atoms with E-state index in [1.54, 1.807) is 0 Å². The molecule has 3 N–H and O–H groups in total. The molecular formula is C9H18N2. The standard InChI is InChI=1S/C9H18N2/c10-8-3-1-2-4-9(8)5-6-11-7-9/h8,11H,1-7,10H2. The lowest BCUT2D eigenvalue weighted by Crippen LogP contribution is -2.45. The van der Waals surface area contributed by atoms with Crippen LogP contribution in [0.25, 0.3) is 0 Å². The fourth-order valence-electron chi connectivity index (χ4n) is 2.63. The van der Waals surface area contributed by atoms with E-state index in [0.29, 0.717) is 11.5 Å². The van der Waals surface area contributed by atoms with Crippen LogP contribution in [-0.2, 0) is 0 Å². The Morgan fingerprint density at radius 2 is 2.18 bits per heavy atom. The Kier molecular flexibility index (Phi) is 1.90. The second kappa shape index (κ2) is 2.76. The Bertz CT molecular complexity index is 138. The quantitative estimate of drug-likeness (QED) is 0.543. The van der Waals surface area contributed by atoms with Crippen LogP contribution in [0.15, 0.2) is 0 Å². The van der Waals surface area contributed by atoms with Gasteiger partial charge in [0, 0.05) is 12.6 Å². The Hall–Kier alpha value is -0.0800. The maximum absolute atomic E-state index is 6.14. The first kappa shape index (κ1) is 7.56. The zero-order valence-electron chi connectivity index (χ0n) is 7.10. The van der Waals surface area contributed by atoms with E-state index in [9.17, 15) is 0 Å². The first-order valence-electron chi connectivity index (χ1n) is 4.80. The Morgan fingerprint density at radius 3 is 2.82 bits per heavy atom. The molecule has 2 aliphatic rings. The maximum Gasteiger partial charge on any atom is 0.0108 e. The van der Waals surface area contributed by atoms with E-state index >= 15 is 0 Å². The van der Waals surface area contributed by atoms with Crippen LogP contribution >= 0.6 is 0 Å². The molecule has 0 aromatic carbocycles. The van der Waals surface area contributed by atoms with E-state index in [4.69, 9.17) is 5.73 Å². The van der Waals surface area contributed by atoms with Gasteiger partial charge in [-0.2, -0.15) is 0 Å². The normalized spacial score (nSPS) is 45.0. The van der Waals surface area contributed by atoms with E-state index in [2.05, 4.69) is 5.32 Å². The summed E-state index contributed by atoms with van der Waals surface area (Å²) in [6.07, 6.45) is 6.68. The molecule has 1 aliphatic carbocycles. The Labute approximate surface area is 68.5 Å². The Morgan fingerprint density at radius 1 is 1.27 bits per heavy atom. The maximum atomic E-state index is 6.14. The molecule has 2 fully saturated rings. The summed E-state index contributed by atoms with van der Waals surface area (Å²) in [4.78, 5) is 0. The van der Waals surface area contributed by atoms with Crippen LogP contribution in [0.5, 0.6) is 0 Å². The minimum atomic E-state index is 0.478. The van der Waals surface area contributed by atoms with Crippen molar-refractivity contribution in [2.75, 3.05) is 13.1 Å². The molecule has 2 rings (SSSR count). The van der Waals surface area contributed by atoms with Crippen molar-refractivity contribution in [3.05, 3.63) is 0 Å². The van der Waals surface area contributed by atoms with Gasteiger partial charge in [-0.15, -0.1) is 0 Å². The highest BCUT2D eigenvalue weighted by atomic mass is 14.9. The fraction of sp³-hybridized carbons (Fsp3) is 1.00. The van der Waals surface area contributed by atoms with E-state index < -0.39 is 0 Å². The van der Waals surface area contributed by atoms with E-state index in [1.165, 1.54) is 45.2 Å². The van der Waals surface area contributed by atoms with Crippen LogP contribution in [-0.4, -0.2) is 19.1 Å². The van der Waals surface area contributed by atoms with Crippen LogP contribution in [0.2, 0.25) is 0 Å². The number of hydrogen-bond donors (Lipinski definition) is 2. The average Bonchev–Trinajstić information content (AvgIpc) is 2.46. The van der Waals surface area contributed by atoms with Crippen LogP contribution in [0.3, 0.4) is 0 Å². The van der Waals surface area contributed by atoms with Crippen molar-refractivity contribution >= 4 is 0 Å². The summed E-state index contributed by atoms with van der Waals surface area (Å²) in [6.45, 7) is 2.36. The lowest BCUT2D eigenvalue weighted by Gasteiger charge is -2.38. The van der Waals surface area contributed by atoms with Crippen LogP contribution < -0.4 is 11.1 Å². The minimum Gasteiger partial charge on any atom is -0.327 e. The third-order valence-electron chi connectivity index (χ3n) is 3.50. The number of rotatable bonds is 0. The third-order valence-corrected chi connectivity index (χ3v) is 3.50. The summed E-state index contributed by atoms with van der Waals surface area (Å²) in [6, 6.07) is 0.478. The van der Waals surface area contributed by atoms with Crippen molar-refractivity contribution in [1.29, 1.82) is 0 Å². The van der Waals surface area contributed by atoms with E-state index in [1.807, 2.05) is 0 Å². The topological polar surface area (TPSA) is 38.0 Å². The molecule has 0 bridgehead atoms. The summed E-state index contributed by atoms with van der Waals surface area (Å²) in [7, 11) is 0. The number of hydrogen-bond acceptors (Lipinski definition) is 2. The predicted molar refractivity (Wildman–Crippen MR) is 46.4 cm³/mol. The Balaban J connectivity index is 2.07. The molecule has 2 atom stereocenters. The first-order valence-corrected chi connectivity index (χ1v) is 4.80. The van der Waals surface area contributed by atoms with Gasteiger partial charge in [0.15, 0.2) is 0 Å². The molecule has 64 valence electrons. The lowest BCUT2D eigenvalue weighted by atomic mass is 9.70. The summed E-state index contributed by atoms with van der Waals surface area (Å²) in [5, 5.41) is 3.43. The average molecular weight is 154 g/mol. The molecule has 0 aromatic heterocycles. The van der Waals surface area contributed by atoms with Gasteiger partial charge in [-0.05, 0) is 31.2 Å². The smallest absolute Gasteiger partial charge is 0.0108 e. The van der Waals surface area contributed by atoms with Crippen molar-refractivity contribution in [1.82, 2.24) is 5.32 Å². The van der Waals surface area contributed by atoms with Crippen LogP contribution in [0, 0.1) is 5.41 Å². The van der Waals surface area contributed by atoms with Gasteiger partial charge in [0.25, 0.3) is 0 Å². The lowest BCUT2D eigenvalue weighted by molar-refractivity contribution is 0.177. The zero-order chi connectivity index (χ0) is 7.73. The molecule has 0 radical (unpaired) electrons. The van der Waals surface area contributed by atoms with Gasteiger partial charge in [0.05, 0.1) is 0 Å². The molecular weight excluding hydrogens is 136 g/mol. The largest absolute Gasteiger partial charge is 0.327 e. The van der Waals surface area contributed by atoms with Crippen molar-refractivity contribution in [3.63, 3.8) is 0 Å². The molecule has 1 saturated heterocycles. The van der Waals surface area contributed by atoms with Crippen molar-refractivity contribution in [3.8, 4) is 0 Å². The van der Waals surface area contributed by atoms with Gasteiger partial charge in [0.1, 0.15) is 0 Å². The molecule has 2 unspecified atom stereocenters. The van der Waals surface area contributed by atoms with E-state index in [-0.39, 0.29) is 0 Å². The van der Waals surface area contributed by atoms with Gasteiger partial charge in [-0.3, -0.25) is 0 Å². The SMILES string of the molecule is NC1CCCCC12CCNC2. The van der Waals surface area contributed by atoms with Crippen molar-refractivity contribution < 1.29 is 0 Å². The van der Waals surface area contributed by atoms with Gasteiger partial charge in [-0.1, -0.05) is 12.8 Å². The van der Waals surface area contributed by atoms with Gasteiger partial charge >= 0.3 is 0 Å². The molecule has 1 aliphatic heterocycles. The van der Waals surface area contributed by atoms with Crippen LogP contribution in [0.4, 0.5) is 0 Å². The molecule has 1 saturated carbocycles. The minimum absolute atomic E-state index is 0.478. The zero-order valence-corrected chi connectivity index (χ0v) is 7.10. The highest BCUT2D eigenvalue weighted by molar-refractivity contribution is 4.97. The number of nitrogens with two attached hydrogens (primary N) is 1. The van der Waals surface area contributed by atoms with Gasteiger partial charge in [0.2, 0.25) is 0 Å². The first-order chi connectivity index (χ1) is 5.33. The summed E-state index contributed by atoms with van der Waals surface area (Å²) in [5.74, 6) is 0. The molecule has 2 heteroatoms. The molecule has 0 amide bonds. The summed E-state index contributed by atoms with van der Waals surface area (Å²) in [5.41, 5.74) is 6.63. The van der Waals surface area contributed by atoms with Gasteiger partial charge in [-0.25, -0.2) is 0 Å². The highest BCUT2D eigenvalue weighted by Gasteiger charge is 2.40. The third kappa shape index (κ3) is 1.18. The van der Waals surface area contributed by atoms with Crippen molar-refractivity contribution in [2.45, 2.75) is 38.1 Å². The van der Waals surface area contributed by atoms with Crippen LogP contribution in [0.1, 0.15) is 32.1 Å². The molecule has 1 heterocycles. The predicted octanol–water partition coefficient (Wildman–Crippen LogP) is 0.867. The summed E-state index contributed by atoms with van der Waals surface area (Å²) >= 11 is 0. The second-order valence-electron chi connectivity index (χ2n) is 4.14. The molecule has 1 spiro atoms. The summed E-state index contributed by atoms with van der Waals surface area (Å²) < 4.78 is 0.